The van der Waals surface area contributed by atoms with Gasteiger partial charge in [0.05, 0.1) is 6.54 Å². The van der Waals surface area contributed by atoms with Gasteiger partial charge in [-0.3, -0.25) is 9.59 Å². The zero-order valence-corrected chi connectivity index (χ0v) is 11.9. The third kappa shape index (κ3) is 11.4. The number of hydrogen-bond acceptors (Lipinski definition) is 3. The number of rotatable bonds is 8. The average molecular weight is 258 g/mol. The zero-order chi connectivity index (χ0) is 14.2. The van der Waals surface area contributed by atoms with E-state index in [2.05, 4.69) is 10.6 Å². The van der Waals surface area contributed by atoms with Gasteiger partial charge < -0.3 is 15.7 Å². The van der Waals surface area contributed by atoms with Gasteiger partial charge in [-0.2, -0.15) is 0 Å². The molecule has 0 saturated carbocycles. The molecule has 0 aromatic carbocycles. The largest absolute Gasteiger partial charge is 0.481 e. The predicted molar refractivity (Wildman–Crippen MR) is 71.4 cm³/mol. The van der Waals surface area contributed by atoms with Crippen molar-refractivity contribution >= 4 is 11.9 Å². The summed E-state index contributed by atoms with van der Waals surface area (Å²) in [5.74, 6) is -0.465. The van der Waals surface area contributed by atoms with Gasteiger partial charge in [-0.25, -0.2) is 0 Å². The van der Waals surface area contributed by atoms with Crippen LogP contribution in [0.2, 0.25) is 0 Å². The molecule has 0 spiro atoms. The minimum atomic E-state index is -0.764. The molecule has 0 fully saturated rings. The van der Waals surface area contributed by atoms with Crippen LogP contribution in [0.25, 0.3) is 0 Å². The monoisotopic (exact) mass is 258 g/mol. The Bertz CT molecular complexity index is 272. The standard InChI is InChI=1S/C13H26N2O3/c1-10(5-6-12(17)18)7-8-14-11(16)9-15-13(2,3)4/h10,15H,5-9H2,1-4H3,(H,14,16)(H,17,18). The Kier molecular flexibility index (Phi) is 7.59. The van der Waals surface area contributed by atoms with E-state index in [1.54, 1.807) is 0 Å². The first kappa shape index (κ1) is 16.9. The predicted octanol–water partition coefficient (Wildman–Crippen LogP) is 1.38. The molecule has 0 aliphatic rings. The highest BCUT2D eigenvalue weighted by atomic mass is 16.4. The van der Waals surface area contributed by atoms with Crippen LogP contribution in [0.1, 0.15) is 47.0 Å². The molecule has 0 radical (unpaired) electrons. The van der Waals surface area contributed by atoms with Gasteiger partial charge in [-0.1, -0.05) is 6.92 Å². The number of carbonyl (C=O) groups is 2. The lowest BCUT2D eigenvalue weighted by molar-refractivity contribution is -0.137. The summed E-state index contributed by atoms with van der Waals surface area (Å²) in [5, 5.41) is 14.5. The lowest BCUT2D eigenvalue weighted by Crippen LogP contribution is -2.43. The summed E-state index contributed by atoms with van der Waals surface area (Å²) in [6.45, 7) is 8.94. The van der Waals surface area contributed by atoms with Gasteiger partial charge in [0.15, 0.2) is 0 Å². The molecule has 106 valence electrons. The van der Waals surface area contributed by atoms with Crippen LogP contribution in [0.4, 0.5) is 0 Å². The molecule has 5 heteroatoms. The van der Waals surface area contributed by atoms with Crippen LogP contribution in [0.15, 0.2) is 0 Å². The minimum absolute atomic E-state index is 0.0182. The first-order chi connectivity index (χ1) is 8.20. The van der Waals surface area contributed by atoms with E-state index < -0.39 is 5.97 Å². The summed E-state index contributed by atoms with van der Waals surface area (Å²) >= 11 is 0. The van der Waals surface area contributed by atoms with Crippen molar-refractivity contribution in [2.45, 2.75) is 52.5 Å². The second kappa shape index (κ2) is 8.08. The molecular formula is C13H26N2O3. The fraction of sp³-hybridized carbons (Fsp3) is 0.846. The van der Waals surface area contributed by atoms with E-state index in [-0.39, 0.29) is 17.9 Å². The number of carboxylic acids is 1. The number of carboxylic acid groups (broad SMARTS) is 1. The molecule has 1 unspecified atom stereocenters. The van der Waals surface area contributed by atoms with Crippen LogP contribution in [0.3, 0.4) is 0 Å². The fourth-order valence-corrected chi connectivity index (χ4v) is 1.38. The van der Waals surface area contributed by atoms with Crippen LogP contribution in [-0.4, -0.2) is 35.6 Å². The second-order valence-electron chi connectivity index (χ2n) is 5.78. The summed E-state index contributed by atoms with van der Waals surface area (Å²) in [4.78, 5) is 21.9. The van der Waals surface area contributed by atoms with Gasteiger partial charge in [0.1, 0.15) is 0 Å². The van der Waals surface area contributed by atoms with Crippen LogP contribution >= 0.6 is 0 Å². The van der Waals surface area contributed by atoms with Gasteiger partial charge in [-0.15, -0.1) is 0 Å². The van der Waals surface area contributed by atoms with E-state index in [1.807, 2.05) is 27.7 Å². The molecule has 0 saturated heterocycles. The Labute approximate surface area is 109 Å². The van der Waals surface area contributed by atoms with Crippen LogP contribution in [-0.2, 0) is 9.59 Å². The summed E-state index contributed by atoms with van der Waals surface area (Å²) < 4.78 is 0. The average Bonchev–Trinajstić information content (AvgIpc) is 2.22. The van der Waals surface area contributed by atoms with E-state index in [0.717, 1.165) is 6.42 Å². The van der Waals surface area contributed by atoms with Crippen LogP contribution < -0.4 is 10.6 Å². The number of hydrogen-bond donors (Lipinski definition) is 3. The summed E-state index contributed by atoms with van der Waals surface area (Å²) in [6.07, 6.45) is 1.67. The lowest BCUT2D eigenvalue weighted by atomic mass is 10.0. The molecule has 1 amide bonds. The topological polar surface area (TPSA) is 78.4 Å². The molecule has 0 aromatic heterocycles. The Morgan fingerprint density at radius 2 is 1.83 bits per heavy atom. The van der Waals surface area contributed by atoms with Gasteiger partial charge in [0.25, 0.3) is 0 Å². The maximum Gasteiger partial charge on any atom is 0.303 e. The Morgan fingerprint density at radius 1 is 1.22 bits per heavy atom. The van der Waals surface area contributed by atoms with Crippen molar-refractivity contribution in [1.29, 1.82) is 0 Å². The number of amides is 1. The normalized spacial score (nSPS) is 13.1. The molecular weight excluding hydrogens is 232 g/mol. The van der Waals surface area contributed by atoms with Crippen molar-refractivity contribution in [1.82, 2.24) is 10.6 Å². The summed E-state index contributed by atoms with van der Waals surface area (Å²) in [6, 6.07) is 0. The molecule has 5 nitrogen and oxygen atoms in total. The lowest BCUT2D eigenvalue weighted by Gasteiger charge is -2.20. The molecule has 0 aliphatic carbocycles. The Balaban J connectivity index is 3.59. The van der Waals surface area contributed by atoms with E-state index >= 15 is 0 Å². The quantitative estimate of drug-likeness (QED) is 0.614. The third-order valence-electron chi connectivity index (χ3n) is 2.59. The smallest absolute Gasteiger partial charge is 0.303 e. The highest BCUT2D eigenvalue weighted by Gasteiger charge is 2.11. The van der Waals surface area contributed by atoms with Crippen molar-refractivity contribution in [3.63, 3.8) is 0 Å². The van der Waals surface area contributed by atoms with Gasteiger partial charge >= 0.3 is 5.97 Å². The van der Waals surface area contributed by atoms with Gasteiger partial charge in [0, 0.05) is 18.5 Å². The first-order valence-corrected chi connectivity index (χ1v) is 6.44. The maximum atomic E-state index is 11.5. The van der Waals surface area contributed by atoms with E-state index in [1.165, 1.54) is 0 Å². The Morgan fingerprint density at radius 3 is 2.33 bits per heavy atom. The van der Waals surface area contributed by atoms with Crippen molar-refractivity contribution in [3.8, 4) is 0 Å². The summed E-state index contributed by atoms with van der Waals surface area (Å²) in [5.41, 5.74) is -0.0634. The molecule has 0 aliphatic heterocycles. The molecule has 18 heavy (non-hydrogen) atoms. The van der Waals surface area contributed by atoms with Crippen LogP contribution in [0, 0.1) is 5.92 Å². The fourth-order valence-electron chi connectivity index (χ4n) is 1.38. The molecule has 0 aromatic rings. The third-order valence-corrected chi connectivity index (χ3v) is 2.59. The van der Waals surface area contributed by atoms with Crippen molar-refractivity contribution < 1.29 is 14.7 Å². The summed E-state index contributed by atoms with van der Waals surface area (Å²) in [7, 11) is 0. The SMILES string of the molecule is CC(CCNC(=O)CNC(C)(C)C)CCC(=O)O. The zero-order valence-electron chi connectivity index (χ0n) is 11.9. The molecule has 3 N–H and O–H groups in total. The van der Waals surface area contributed by atoms with Crippen molar-refractivity contribution in [2.24, 2.45) is 5.92 Å². The number of nitrogens with one attached hydrogen (secondary N) is 2. The second-order valence-corrected chi connectivity index (χ2v) is 5.78. The highest BCUT2D eigenvalue weighted by Crippen LogP contribution is 2.08. The van der Waals surface area contributed by atoms with Crippen molar-refractivity contribution in [3.05, 3.63) is 0 Å². The molecule has 0 heterocycles. The maximum absolute atomic E-state index is 11.5. The highest BCUT2D eigenvalue weighted by molar-refractivity contribution is 5.78. The van der Waals surface area contributed by atoms with E-state index in [9.17, 15) is 9.59 Å². The minimum Gasteiger partial charge on any atom is -0.481 e. The number of aliphatic carboxylic acids is 1. The van der Waals surface area contributed by atoms with Crippen molar-refractivity contribution in [2.75, 3.05) is 13.1 Å². The van der Waals surface area contributed by atoms with Crippen LogP contribution in [0.5, 0.6) is 0 Å². The van der Waals surface area contributed by atoms with E-state index in [4.69, 9.17) is 5.11 Å². The van der Waals surface area contributed by atoms with Gasteiger partial charge in [0.2, 0.25) is 5.91 Å². The molecule has 1 atom stereocenters. The number of carbonyl (C=O) groups excluding carboxylic acids is 1. The first-order valence-electron chi connectivity index (χ1n) is 6.44. The Hall–Kier alpha value is -1.10. The molecule has 0 rings (SSSR count). The van der Waals surface area contributed by atoms with Gasteiger partial charge in [-0.05, 0) is 39.5 Å². The van der Waals surface area contributed by atoms with E-state index in [0.29, 0.717) is 25.4 Å². The molecule has 0 bridgehead atoms.